The maximum Gasteiger partial charge on any atom is 0.264 e. The minimum absolute atomic E-state index is 0.00303. The van der Waals surface area contributed by atoms with Crippen molar-refractivity contribution < 1.29 is 18.0 Å². The van der Waals surface area contributed by atoms with E-state index in [2.05, 4.69) is 5.32 Å². The second-order valence-corrected chi connectivity index (χ2v) is 13.4. The van der Waals surface area contributed by atoms with Gasteiger partial charge in [-0.3, -0.25) is 13.9 Å². The highest BCUT2D eigenvalue weighted by atomic mass is 35.5. The fourth-order valence-electron chi connectivity index (χ4n) is 4.81. The molecular weight excluding hydrogens is 605 g/mol. The fourth-order valence-corrected chi connectivity index (χ4v) is 6.85. The standard InChI is InChI=1S/C30H32Cl3N3O4S/c1-20-7-13-28(14-8-20)41(39,40)36(27-16-24(32)15-25(33)17-27)19-29(37)35(18-22-9-11-23(31)12-10-22)21(2)30(38)34-26-5-3-4-6-26/h7-17,21,26H,3-6,18-19H2,1-2H3,(H,34,38). The van der Waals surface area contributed by atoms with E-state index in [1.165, 1.54) is 35.2 Å². The number of nitrogens with one attached hydrogen (secondary N) is 1. The number of sulfonamides is 1. The molecule has 1 unspecified atom stereocenters. The largest absolute Gasteiger partial charge is 0.352 e. The topological polar surface area (TPSA) is 86.8 Å². The summed E-state index contributed by atoms with van der Waals surface area (Å²) in [5.41, 5.74) is 1.75. The van der Waals surface area contributed by atoms with Gasteiger partial charge < -0.3 is 10.2 Å². The Labute approximate surface area is 256 Å². The monoisotopic (exact) mass is 635 g/mol. The van der Waals surface area contributed by atoms with Gasteiger partial charge >= 0.3 is 0 Å². The van der Waals surface area contributed by atoms with E-state index in [-0.39, 0.29) is 39.1 Å². The normalized spacial score (nSPS) is 14.5. The van der Waals surface area contributed by atoms with Gasteiger partial charge in [-0.1, -0.05) is 77.5 Å². The third-order valence-electron chi connectivity index (χ3n) is 7.16. The van der Waals surface area contributed by atoms with E-state index in [0.29, 0.717) is 5.02 Å². The molecule has 1 atom stereocenters. The molecule has 0 bridgehead atoms. The number of aryl methyl sites for hydroxylation is 1. The van der Waals surface area contributed by atoms with Gasteiger partial charge in [-0.25, -0.2) is 8.42 Å². The summed E-state index contributed by atoms with van der Waals surface area (Å²) in [5.74, 6) is -0.862. The first-order valence-corrected chi connectivity index (χ1v) is 15.9. The Morgan fingerprint density at radius 1 is 0.902 bits per heavy atom. The van der Waals surface area contributed by atoms with Crippen LogP contribution in [0.25, 0.3) is 0 Å². The molecule has 1 aliphatic rings. The minimum atomic E-state index is -4.23. The number of hydrogen-bond acceptors (Lipinski definition) is 4. The van der Waals surface area contributed by atoms with E-state index in [4.69, 9.17) is 34.8 Å². The predicted molar refractivity (Wildman–Crippen MR) is 164 cm³/mol. The summed E-state index contributed by atoms with van der Waals surface area (Å²) in [6, 6.07) is 16.8. The van der Waals surface area contributed by atoms with Crippen LogP contribution in [-0.2, 0) is 26.2 Å². The van der Waals surface area contributed by atoms with E-state index in [1.807, 2.05) is 6.92 Å². The lowest BCUT2D eigenvalue weighted by atomic mass is 10.1. The van der Waals surface area contributed by atoms with Crippen molar-refractivity contribution in [3.05, 3.63) is 92.9 Å². The second-order valence-electron chi connectivity index (χ2n) is 10.3. The van der Waals surface area contributed by atoms with Crippen LogP contribution in [0.1, 0.15) is 43.7 Å². The smallest absolute Gasteiger partial charge is 0.264 e. The predicted octanol–water partition coefficient (Wildman–Crippen LogP) is 6.63. The highest BCUT2D eigenvalue weighted by Crippen LogP contribution is 2.30. The van der Waals surface area contributed by atoms with Gasteiger partial charge in [0.25, 0.3) is 10.0 Å². The molecule has 1 saturated carbocycles. The van der Waals surface area contributed by atoms with Gasteiger partial charge in [0.15, 0.2) is 0 Å². The van der Waals surface area contributed by atoms with Crippen LogP contribution < -0.4 is 9.62 Å². The molecule has 0 heterocycles. The van der Waals surface area contributed by atoms with Crippen molar-refractivity contribution in [2.75, 3.05) is 10.8 Å². The molecule has 218 valence electrons. The second kappa shape index (κ2) is 13.5. The van der Waals surface area contributed by atoms with Gasteiger partial charge in [0.1, 0.15) is 12.6 Å². The third-order valence-corrected chi connectivity index (χ3v) is 9.63. The van der Waals surface area contributed by atoms with Crippen molar-refractivity contribution in [2.45, 2.75) is 63.1 Å². The van der Waals surface area contributed by atoms with Crippen molar-refractivity contribution in [1.82, 2.24) is 10.2 Å². The van der Waals surface area contributed by atoms with Crippen LogP contribution in [0, 0.1) is 6.92 Å². The molecule has 3 aromatic carbocycles. The lowest BCUT2D eigenvalue weighted by Gasteiger charge is -2.32. The van der Waals surface area contributed by atoms with E-state index in [1.54, 1.807) is 43.3 Å². The van der Waals surface area contributed by atoms with Crippen LogP contribution >= 0.6 is 34.8 Å². The Hall–Kier alpha value is -2.78. The average molecular weight is 637 g/mol. The number of amides is 2. The van der Waals surface area contributed by atoms with E-state index in [0.717, 1.165) is 41.1 Å². The van der Waals surface area contributed by atoms with E-state index >= 15 is 0 Å². The van der Waals surface area contributed by atoms with Crippen LogP contribution in [-0.4, -0.2) is 43.8 Å². The SMILES string of the molecule is Cc1ccc(S(=O)(=O)N(CC(=O)N(Cc2ccc(Cl)cc2)C(C)C(=O)NC2CCCC2)c2cc(Cl)cc(Cl)c2)cc1. The van der Waals surface area contributed by atoms with E-state index < -0.39 is 28.5 Å². The van der Waals surface area contributed by atoms with Gasteiger partial charge in [0.2, 0.25) is 11.8 Å². The molecule has 7 nitrogen and oxygen atoms in total. The van der Waals surface area contributed by atoms with E-state index in [9.17, 15) is 18.0 Å². The summed E-state index contributed by atoms with van der Waals surface area (Å²) in [6.45, 7) is 2.99. The Balaban J connectivity index is 1.70. The number of carbonyl (C=O) groups is 2. The minimum Gasteiger partial charge on any atom is -0.352 e. The first-order valence-electron chi connectivity index (χ1n) is 13.3. The summed E-state index contributed by atoms with van der Waals surface area (Å²) in [5, 5.41) is 4.01. The Kier molecular flexibility index (Phi) is 10.2. The van der Waals surface area contributed by atoms with Crippen molar-refractivity contribution in [3.63, 3.8) is 0 Å². The summed E-state index contributed by atoms with van der Waals surface area (Å²) in [4.78, 5) is 28.7. The molecule has 0 aliphatic heterocycles. The number of rotatable bonds is 10. The summed E-state index contributed by atoms with van der Waals surface area (Å²) in [7, 11) is -4.23. The van der Waals surface area contributed by atoms with Crippen molar-refractivity contribution in [2.24, 2.45) is 0 Å². The Bertz CT molecular complexity index is 1470. The Morgan fingerprint density at radius 3 is 2.07 bits per heavy atom. The molecule has 0 radical (unpaired) electrons. The summed E-state index contributed by atoms with van der Waals surface area (Å²) < 4.78 is 28.8. The summed E-state index contributed by atoms with van der Waals surface area (Å²) >= 11 is 18.5. The van der Waals surface area contributed by atoms with Crippen LogP contribution in [0.4, 0.5) is 5.69 Å². The molecule has 0 aromatic heterocycles. The molecule has 3 aromatic rings. The van der Waals surface area contributed by atoms with Gasteiger partial charge in [0.05, 0.1) is 10.6 Å². The molecule has 1 aliphatic carbocycles. The zero-order valence-corrected chi connectivity index (χ0v) is 25.9. The van der Waals surface area contributed by atoms with Crippen LogP contribution in [0.2, 0.25) is 15.1 Å². The van der Waals surface area contributed by atoms with Crippen LogP contribution in [0.5, 0.6) is 0 Å². The highest BCUT2D eigenvalue weighted by Gasteiger charge is 2.33. The number of halogens is 3. The molecule has 4 rings (SSSR count). The number of hydrogen-bond donors (Lipinski definition) is 1. The number of anilines is 1. The van der Waals surface area contributed by atoms with Gasteiger partial charge in [-0.15, -0.1) is 0 Å². The number of nitrogens with zero attached hydrogens (tertiary/aromatic N) is 2. The van der Waals surface area contributed by atoms with Crippen LogP contribution in [0.3, 0.4) is 0 Å². The van der Waals surface area contributed by atoms with Gasteiger partial charge in [-0.05, 0) is 74.7 Å². The lowest BCUT2D eigenvalue weighted by molar-refractivity contribution is -0.139. The first-order chi connectivity index (χ1) is 19.4. The van der Waals surface area contributed by atoms with Crippen molar-refractivity contribution in [3.8, 4) is 0 Å². The molecule has 0 spiro atoms. The molecule has 2 amide bonds. The first kappa shape index (κ1) is 31.2. The Morgan fingerprint density at radius 2 is 1.49 bits per heavy atom. The van der Waals surface area contributed by atoms with Gasteiger partial charge in [-0.2, -0.15) is 0 Å². The van der Waals surface area contributed by atoms with Crippen molar-refractivity contribution >= 4 is 62.3 Å². The zero-order chi connectivity index (χ0) is 29.7. The molecule has 1 fully saturated rings. The maximum absolute atomic E-state index is 14.0. The van der Waals surface area contributed by atoms with Crippen LogP contribution in [0.15, 0.2) is 71.6 Å². The molecule has 1 N–H and O–H groups in total. The molecule has 11 heteroatoms. The van der Waals surface area contributed by atoms with Crippen molar-refractivity contribution in [1.29, 1.82) is 0 Å². The lowest BCUT2D eigenvalue weighted by Crippen LogP contribution is -2.52. The number of benzene rings is 3. The zero-order valence-electron chi connectivity index (χ0n) is 22.8. The molecular formula is C30H32Cl3N3O4S. The quantitative estimate of drug-likeness (QED) is 0.271. The van der Waals surface area contributed by atoms with Gasteiger partial charge in [0, 0.05) is 27.7 Å². The third kappa shape index (κ3) is 7.95. The number of carbonyl (C=O) groups excluding carboxylic acids is 2. The highest BCUT2D eigenvalue weighted by molar-refractivity contribution is 7.92. The maximum atomic E-state index is 14.0. The molecule has 41 heavy (non-hydrogen) atoms. The average Bonchev–Trinajstić information content (AvgIpc) is 3.43. The summed E-state index contributed by atoms with van der Waals surface area (Å²) in [6.07, 6.45) is 3.87. The fraction of sp³-hybridized carbons (Fsp3) is 0.333. The molecule has 0 saturated heterocycles.